The van der Waals surface area contributed by atoms with E-state index in [0.717, 1.165) is 0 Å². The molecule has 0 heterocycles. The number of hydrogen-bond donors (Lipinski definition) is 2. The third-order valence-electron chi connectivity index (χ3n) is 2.12. The summed E-state index contributed by atoms with van der Waals surface area (Å²) in [6, 6.07) is 2.08. The molecule has 1 rings (SSSR count). The van der Waals surface area contributed by atoms with E-state index in [4.69, 9.17) is 33.0 Å². The van der Waals surface area contributed by atoms with E-state index in [9.17, 15) is 4.79 Å². The predicted molar refractivity (Wildman–Crippen MR) is 62.5 cm³/mol. The zero-order valence-electron chi connectivity index (χ0n) is 8.75. The van der Waals surface area contributed by atoms with E-state index >= 15 is 0 Å². The Bertz CT molecular complexity index is 409. The summed E-state index contributed by atoms with van der Waals surface area (Å²) >= 11 is 11.9. The lowest BCUT2D eigenvalue weighted by atomic mass is 10.1. The lowest BCUT2D eigenvalue weighted by Crippen LogP contribution is -2.25. The van der Waals surface area contributed by atoms with Crippen LogP contribution in [0.3, 0.4) is 0 Å². The van der Waals surface area contributed by atoms with Crippen LogP contribution in [0.25, 0.3) is 0 Å². The molecule has 0 aliphatic carbocycles. The predicted octanol–water partition coefficient (Wildman–Crippen LogP) is 2.35. The molecular formula is C10H11Cl2NO3. The van der Waals surface area contributed by atoms with Crippen LogP contribution in [0.5, 0.6) is 5.75 Å². The minimum Gasteiger partial charge on any atom is -0.495 e. The average Bonchev–Trinajstić information content (AvgIpc) is 2.23. The number of likely N-dealkylation sites (N-methyl/N-ethyl adjacent to an activating group) is 1. The number of carboxylic acids is 1. The summed E-state index contributed by atoms with van der Waals surface area (Å²) in [5, 5.41) is 12.2. The Labute approximate surface area is 103 Å². The summed E-state index contributed by atoms with van der Waals surface area (Å²) in [6.07, 6.45) is 0. The van der Waals surface area contributed by atoms with Crippen LogP contribution in [0.2, 0.25) is 10.0 Å². The monoisotopic (exact) mass is 263 g/mol. The molecule has 0 bridgehead atoms. The van der Waals surface area contributed by atoms with Gasteiger partial charge >= 0.3 is 5.97 Å². The summed E-state index contributed by atoms with van der Waals surface area (Å²) in [5.74, 6) is -0.610. The minimum atomic E-state index is -1.02. The van der Waals surface area contributed by atoms with Gasteiger partial charge in [-0.15, -0.1) is 0 Å². The number of carbonyl (C=O) groups is 1. The number of aliphatic carboxylic acids is 1. The van der Waals surface area contributed by atoms with E-state index in [0.29, 0.717) is 21.4 Å². The lowest BCUT2D eigenvalue weighted by molar-refractivity contribution is -0.139. The van der Waals surface area contributed by atoms with Crippen LogP contribution in [0.1, 0.15) is 11.6 Å². The quantitative estimate of drug-likeness (QED) is 0.876. The standard InChI is InChI=1S/C10H11Cl2NO3/c1-13-9(10(14)15)5-3-7(12)8(16-2)4-6(5)11/h3-4,9,13H,1-2H3,(H,14,15). The molecule has 0 aliphatic rings. The van der Waals surface area contributed by atoms with Crippen LogP contribution < -0.4 is 10.1 Å². The van der Waals surface area contributed by atoms with Gasteiger partial charge in [0, 0.05) is 16.7 Å². The summed E-state index contributed by atoms with van der Waals surface area (Å²) in [5.41, 5.74) is 0.405. The van der Waals surface area contributed by atoms with Crippen molar-refractivity contribution < 1.29 is 14.6 Å². The first-order chi connectivity index (χ1) is 7.51. The fourth-order valence-electron chi connectivity index (χ4n) is 1.33. The molecule has 0 spiro atoms. The van der Waals surface area contributed by atoms with Crippen molar-refractivity contribution in [2.75, 3.05) is 14.2 Å². The fourth-order valence-corrected chi connectivity index (χ4v) is 1.85. The van der Waals surface area contributed by atoms with Gasteiger partial charge in [-0.25, -0.2) is 0 Å². The highest BCUT2D eigenvalue weighted by Crippen LogP contribution is 2.33. The molecule has 6 heteroatoms. The molecule has 0 fully saturated rings. The number of methoxy groups -OCH3 is 1. The number of rotatable bonds is 4. The highest BCUT2D eigenvalue weighted by atomic mass is 35.5. The van der Waals surface area contributed by atoms with Crippen molar-refractivity contribution in [2.24, 2.45) is 0 Å². The second-order valence-corrected chi connectivity index (χ2v) is 3.88. The SMILES string of the molecule is CNC(C(=O)O)c1cc(Cl)c(OC)cc1Cl. The lowest BCUT2D eigenvalue weighted by Gasteiger charge is -2.15. The molecule has 0 radical (unpaired) electrons. The van der Waals surface area contributed by atoms with Gasteiger partial charge in [0.1, 0.15) is 11.8 Å². The second-order valence-electron chi connectivity index (χ2n) is 3.07. The molecule has 1 unspecified atom stereocenters. The largest absolute Gasteiger partial charge is 0.495 e. The van der Waals surface area contributed by atoms with Gasteiger partial charge in [-0.05, 0) is 13.1 Å². The molecule has 1 aromatic carbocycles. The van der Waals surface area contributed by atoms with Crippen molar-refractivity contribution in [3.8, 4) is 5.75 Å². The zero-order chi connectivity index (χ0) is 12.3. The van der Waals surface area contributed by atoms with Crippen molar-refractivity contribution in [1.82, 2.24) is 5.32 Å². The van der Waals surface area contributed by atoms with E-state index in [1.54, 1.807) is 0 Å². The molecule has 0 amide bonds. The maximum atomic E-state index is 11.0. The first-order valence-corrected chi connectivity index (χ1v) is 5.19. The smallest absolute Gasteiger partial charge is 0.325 e. The third-order valence-corrected chi connectivity index (χ3v) is 2.74. The van der Waals surface area contributed by atoms with Crippen molar-refractivity contribution in [1.29, 1.82) is 0 Å². The molecule has 1 atom stereocenters. The van der Waals surface area contributed by atoms with E-state index < -0.39 is 12.0 Å². The Hall–Kier alpha value is -0.970. The first-order valence-electron chi connectivity index (χ1n) is 4.44. The number of ether oxygens (including phenoxy) is 1. The number of halogens is 2. The van der Waals surface area contributed by atoms with Gasteiger partial charge in [-0.3, -0.25) is 4.79 Å². The number of hydrogen-bond acceptors (Lipinski definition) is 3. The van der Waals surface area contributed by atoms with Crippen LogP contribution >= 0.6 is 23.2 Å². The molecule has 88 valence electrons. The van der Waals surface area contributed by atoms with E-state index in [1.165, 1.54) is 26.3 Å². The van der Waals surface area contributed by atoms with Gasteiger partial charge in [-0.2, -0.15) is 0 Å². The first kappa shape index (κ1) is 13.1. The maximum absolute atomic E-state index is 11.0. The van der Waals surface area contributed by atoms with Gasteiger partial charge < -0.3 is 15.2 Å². The molecule has 16 heavy (non-hydrogen) atoms. The summed E-state index contributed by atoms with van der Waals surface area (Å²) in [4.78, 5) is 11.0. The van der Waals surface area contributed by atoms with E-state index in [2.05, 4.69) is 5.32 Å². The highest BCUT2D eigenvalue weighted by molar-refractivity contribution is 6.35. The summed E-state index contributed by atoms with van der Waals surface area (Å²) in [7, 11) is 3.00. The van der Waals surface area contributed by atoms with Crippen molar-refractivity contribution >= 4 is 29.2 Å². The Morgan fingerprint density at radius 1 is 1.44 bits per heavy atom. The van der Waals surface area contributed by atoms with Gasteiger partial charge in [0.05, 0.1) is 12.1 Å². The van der Waals surface area contributed by atoms with Crippen LogP contribution in [0.4, 0.5) is 0 Å². The molecule has 2 N–H and O–H groups in total. The summed E-state index contributed by atoms with van der Waals surface area (Å²) in [6.45, 7) is 0. The number of benzene rings is 1. The van der Waals surface area contributed by atoms with Crippen LogP contribution in [0.15, 0.2) is 12.1 Å². The summed E-state index contributed by atoms with van der Waals surface area (Å²) < 4.78 is 4.97. The highest BCUT2D eigenvalue weighted by Gasteiger charge is 2.21. The minimum absolute atomic E-state index is 0.294. The van der Waals surface area contributed by atoms with Crippen LogP contribution in [0, 0.1) is 0 Å². The number of nitrogens with one attached hydrogen (secondary N) is 1. The van der Waals surface area contributed by atoms with Gasteiger partial charge in [0.15, 0.2) is 0 Å². The number of carboxylic acid groups (broad SMARTS) is 1. The molecular weight excluding hydrogens is 253 g/mol. The molecule has 0 saturated heterocycles. The maximum Gasteiger partial charge on any atom is 0.325 e. The van der Waals surface area contributed by atoms with Crippen molar-refractivity contribution in [3.63, 3.8) is 0 Å². The third kappa shape index (κ3) is 2.58. The molecule has 4 nitrogen and oxygen atoms in total. The normalized spacial score (nSPS) is 12.2. The molecule has 1 aromatic rings. The average molecular weight is 264 g/mol. The van der Waals surface area contributed by atoms with Crippen molar-refractivity contribution in [3.05, 3.63) is 27.7 Å². The Balaban J connectivity index is 3.24. The Morgan fingerprint density at radius 3 is 2.50 bits per heavy atom. The van der Waals surface area contributed by atoms with Gasteiger partial charge in [0.2, 0.25) is 0 Å². The van der Waals surface area contributed by atoms with Crippen LogP contribution in [-0.2, 0) is 4.79 Å². The molecule has 0 aromatic heterocycles. The molecule has 0 aliphatic heterocycles. The topological polar surface area (TPSA) is 58.6 Å². The Morgan fingerprint density at radius 2 is 2.06 bits per heavy atom. The van der Waals surface area contributed by atoms with E-state index in [1.807, 2.05) is 0 Å². The Kier molecular flexibility index (Phi) is 4.41. The van der Waals surface area contributed by atoms with E-state index in [-0.39, 0.29) is 0 Å². The zero-order valence-corrected chi connectivity index (χ0v) is 10.3. The second kappa shape index (κ2) is 5.39. The van der Waals surface area contributed by atoms with Crippen molar-refractivity contribution in [2.45, 2.75) is 6.04 Å². The van der Waals surface area contributed by atoms with Gasteiger partial charge in [-0.1, -0.05) is 23.2 Å². The van der Waals surface area contributed by atoms with Gasteiger partial charge in [0.25, 0.3) is 0 Å². The van der Waals surface area contributed by atoms with Crippen LogP contribution in [-0.4, -0.2) is 25.2 Å². The fraction of sp³-hybridized carbons (Fsp3) is 0.300. The molecule has 0 saturated carbocycles.